The highest BCUT2D eigenvalue weighted by Gasteiger charge is 2.07. The van der Waals surface area contributed by atoms with Crippen molar-refractivity contribution in [2.75, 3.05) is 0 Å². The standard InChI is InChI=1S/C14H16O2Si/c1-11(16-17)15-14-10-6-5-9-13(14)12-7-3-2-4-8-12/h2-11H,1,17H3. The third-order valence-corrected chi connectivity index (χ3v) is 3.26. The SMILES string of the molecule is CC(O[SiH3])Oc1ccccc1-c1ccccc1. The molecule has 0 radical (unpaired) electrons. The number of rotatable bonds is 4. The zero-order valence-electron chi connectivity index (χ0n) is 10.1. The van der Waals surface area contributed by atoms with Crippen LogP contribution >= 0.6 is 0 Å². The molecule has 3 heteroatoms. The molecule has 0 heterocycles. The van der Waals surface area contributed by atoms with Crippen LogP contribution in [0.1, 0.15) is 6.92 Å². The van der Waals surface area contributed by atoms with E-state index in [1.54, 1.807) is 0 Å². The Labute approximate surface area is 105 Å². The number of para-hydroxylation sites is 1. The molecule has 0 saturated carbocycles. The first-order valence-electron chi connectivity index (χ1n) is 5.65. The summed E-state index contributed by atoms with van der Waals surface area (Å²) in [5.41, 5.74) is 2.25. The molecule has 0 amide bonds. The van der Waals surface area contributed by atoms with E-state index in [1.165, 1.54) is 0 Å². The quantitative estimate of drug-likeness (QED) is 0.607. The van der Waals surface area contributed by atoms with Gasteiger partial charge in [0, 0.05) is 5.56 Å². The van der Waals surface area contributed by atoms with Gasteiger partial charge < -0.3 is 9.16 Å². The number of hydrogen-bond donors (Lipinski definition) is 0. The van der Waals surface area contributed by atoms with Crippen molar-refractivity contribution in [3.05, 3.63) is 54.6 Å². The lowest BCUT2D eigenvalue weighted by atomic mass is 10.1. The van der Waals surface area contributed by atoms with Gasteiger partial charge in [0.25, 0.3) is 0 Å². The molecule has 2 rings (SSSR count). The van der Waals surface area contributed by atoms with Gasteiger partial charge in [0.05, 0.1) is 0 Å². The van der Waals surface area contributed by atoms with E-state index in [0.29, 0.717) is 10.5 Å². The van der Waals surface area contributed by atoms with Crippen LogP contribution in [0.5, 0.6) is 5.75 Å². The van der Waals surface area contributed by atoms with Crippen LogP contribution in [0.15, 0.2) is 54.6 Å². The van der Waals surface area contributed by atoms with Gasteiger partial charge in [-0.25, -0.2) is 0 Å². The third kappa shape index (κ3) is 2.96. The summed E-state index contributed by atoms with van der Waals surface area (Å²) < 4.78 is 11.0. The predicted octanol–water partition coefficient (Wildman–Crippen LogP) is 2.38. The Balaban J connectivity index is 2.34. The van der Waals surface area contributed by atoms with Gasteiger partial charge in [-0.3, -0.25) is 0 Å². The average molecular weight is 244 g/mol. The minimum absolute atomic E-state index is 0.188. The Morgan fingerprint density at radius 2 is 1.59 bits per heavy atom. The van der Waals surface area contributed by atoms with Gasteiger partial charge in [0.15, 0.2) is 16.8 Å². The van der Waals surface area contributed by atoms with Crippen molar-refractivity contribution in [3.63, 3.8) is 0 Å². The monoisotopic (exact) mass is 244 g/mol. The van der Waals surface area contributed by atoms with Crippen LogP contribution in [0.4, 0.5) is 0 Å². The van der Waals surface area contributed by atoms with Gasteiger partial charge in [0.2, 0.25) is 0 Å². The normalized spacial score (nSPS) is 12.3. The molecule has 0 spiro atoms. The highest BCUT2D eigenvalue weighted by atomic mass is 28.2. The highest BCUT2D eigenvalue weighted by molar-refractivity contribution is 5.98. The molecular formula is C14H16O2Si. The lowest BCUT2D eigenvalue weighted by molar-refractivity contribution is 0.0301. The van der Waals surface area contributed by atoms with E-state index in [-0.39, 0.29) is 6.29 Å². The molecule has 0 aliphatic rings. The molecule has 2 aromatic rings. The lowest BCUT2D eigenvalue weighted by Gasteiger charge is -2.16. The Hall–Kier alpha value is -1.58. The van der Waals surface area contributed by atoms with E-state index < -0.39 is 0 Å². The van der Waals surface area contributed by atoms with Crippen molar-refractivity contribution in [3.8, 4) is 16.9 Å². The first kappa shape index (κ1) is 11.9. The fourth-order valence-electron chi connectivity index (χ4n) is 1.65. The minimum Gasteiger partial charge on any atom is -0.466 e. The maximum atomic E-state index is 5.76. The van der Waals surface area contributed by atoms with E-state index in [1.807, 2.05) is 43.3 Å². The Bertz CT molecular complexity index is 471. The Morgan fingerprint density at radius 1 is 0.941 bits per heavy atom. The topological polar surface area (TPSA) is 18.5 Å². The molecular weight excluding hydrogens is 228 g/mol. The number of ether oxygens (including phenoxy) is 1. The first-order chi connectivity index (χ1) is 8.31. The number of benzene rings is 2. The fraction of sp³-hybridized carbons (Fsp3) is 0.143. The van der Waals surface area contributed by atoms with E-state index in [2.05, 4.69) is 18.2 Å². The molecule has 1 unspecified atom stereocenters. The van der Waals surface area contributed by atoms with Gasteiger partial charge in [-0.05, 0) is 18.6 Å². The zero-order chi connectivity index (χ0) is 12.1. The summed E-state index contributed by atoms with van der Waals surface area (Å²) in [6.45, 7) is 1.91. The molecule has 0 aliphatic carbocycles. The second kappa shape index (κ2) is 5.66. The minimum atomic E-state index is -0.188. The van der Waals surface area contributed by atoms with Crippen LogP contribution < -0.4 is 4.74 Å². The molecule has 0 aromatic heterocycles. The third-order valence-electron chi connectivity index (χ3n) is 2.60. The molecule has 88 valence electrons. The highest BCUT2D eigenvalue weighted by Crippen LogP contribution is 2.30. The molecule has 2 nitrogen and oxygen atoms in total. The first-order valence-corrected chi connectivity index (χ1v) is 6.47. The van der Waals surface area contributed by atoms with E-state index >= 15 is 0 Å². The molecule has 2 aromatic carbocycles. The summed E-state index contributed by atoms with van der Waals surface area (Å²) in [5.74, 6) is 0.863. The van der Waals surface area contributed by atoms with Crippen molar-refractivity contribution in [2.45, 2.75) is 13.2 Å². The lowest BCUT2D eigenvalue weighted by Crippen LogP contribution is -2.14. The van der Waals surface area contributed by atoms with E-state index in [0.717, 1.165) is 16.9 Å². The summed E-state index contributed by atoms with van der Waals surface area (Å²) >= 11 is 0. The molecule has 0 bridgehead atoms. The van der Waals surface area contributed by atoms with Crippen molar-refractivity contribution in [1.82, 2.24) is 0 Å². The molecule has 0 N–H and O–H groups in total. The maximum absolute atomic E-state index is 5.76. The van der Waals surface area contributed by atoms with E-state index in [4.69, 9.17) is 9.16 Å². The smallest absolute Gasteiger partial charge is 0.187 e. The molecule has 0 aliphatic heterocycles. The van der Waals surface area contributed by atoms with Gasteiger partial charge in [-0.1, -0.05) is 48.5 Å². The predicted molar refractivity (Wildman–Crippen MR) is 73.0 cm³/mol. The zero-order valence-corrected chi connectivity index (χ0v) is 12.1. The van der Waals surface area contributed by atoms with Gasteiger partial charge in [-0.2, -0.15) is 0 Å². The Kier molecular flexibility index (Phi) is 3.96. The second-order valence-corrected chi connectivity index (χ2v) is 4.25. The molecule has 17 heavy (non-hydrogen) atoms. The Morgan fingerprint density at radius 3 is 2.29 bits per heavy atom. The van der Waals surface area contributed by atoms with Crippen LogP contribution in [-0.2, 0) is 4.43 Å². The number of hydrogen-bond acceptors (Lipinski definition) is 2. The summed E-state index contributed by atoms with van der Waals surface area (Å²) in [7, 11) is 0.677. The van der Waals surface area contributed by atoms with Crippen molar-refractivity contribution in [2.24, 2.45) is 0 Å². The van der Waals surface area contributed by atoms with Crippen molar-refractivity contribution >= 4 is 10.5 Å². The van der Waals surface area contributed by atoms with Gasteiger partial charge >= 0.3 is 0 Å². The molecule has 0 fully saturated rings. The van der Waals surface area contributed by atoms with Crippen molar-refractivity contribution in [1.29, 1.82) is 0 Å². The summed E-state index contributed by atoms with van der Waals surface area (Å²) in [6, 6.07) is 18.2. The summed E-state index contributed by atoms with van der Waals surface area (Å²) in [5, 5.41) is 0. The fourth-order valence-corrected chi connectivity index (χ4v) is 1.75. The summed E-state index contributed by atoms with van der Waals surface area (Å²) in [4.78, 5) is 0. The van der Waals surface area contributed by atoms with Crippen LogP contribution in [0.2, 0.25) is 0 Å². The summed E-state index contributed by atoms with van der Waals surface area (Å²) in [6.07, 6.45) is -0.188. The molecule has 1 atom stereocenters. The average Bonchev–Trinajstić information content (AvgIpc) is 2.40. The second-order valence-electron chi connectivity index (χ2n) is 3.78. The van der Waals surface area contributed by atoms with Crippen LogP contribution in [0.25, 0.3) is 11.1 Å². The van der Waals surface area contributed by atoms with Gasteiger partial charge in [-0.15, -0.1) is 0 Å². The van der Waals surface area contributed by atoms with E-state index in [9.17, 15) is 0 Å². The van der Waals surface area contributed by atoms with Crippen LogP contribution in [0.3, 0.4) is 0 Å². The van der Waals surface area contributed by atoms with Gasteiger partial charge in [0.1, 0.15) is 5.75 Å². The van der Waals surface area contributed by atoms with Crippen molar-refractivity contribution < 1.29 is 9.16 Å². The maximum Gasteiger partial charge on any atom is 0.187 e. The largest absolute Gasteiger partial charge is 0.466 e. The van der Waals surface area contributed by atoms with Crippen LogP contribution in [-0.4, -0.2) is 16.8 Å². The van der Waals surface area contributed by atoms with Crippen LogP contribution in [0, 0.1) is 0 Å². The molecule has 0 saturated heterocycles.